The van der Waals surface area contributed by atoms with Gasteiger partial charge in [0.1, 0.15) is 0 Å². The maximum atomic E-state index is 11.7. The van der Waals surface area contributed by atoms with Crippen molar-refractivity contribution in [3.63, 3.8) is 0 Å². The largest absolute Gasteiger partial charge is 0.305 e. The summed E-state index contributed by atoms with van der Waals surface area (Å²) in [6.45, 7) is 2.31. The molecule has 1 heterocycles. The quantitative estimate of drug-likeness (QED) is 0.796. The fraction of sp³-hybridized carbons (Fsp3) is 0.273. The smallest absolute Gasteiger partial charge is 0.299 e. The molecule has 1 aliphatic rings. The highest BCUT2D eigenvalue weighted by Gasteiger charge is 2.35. The lowest BCUT2D eigenvalue weighted by Gasteiger charge is -2.14. The van der Waals surface area contributed by atoms with Gasteiger partial charge in [0.25, 0.3) is 11.7 Å². The Kier molecular flexibility index (Phi) is 2.95. The van der Waals surface area contributed by atoms with E-state index in [2.05, 4.69) is 0 Å². The summed E-state index contributed by atoms with van der Waals surface area (Å²) < 4.78 is 22.4. The van der Waals surface area contributed by atoms with Gasteiger partial charge in [-0.2, -0.15) is 0 Å². The van der Waals surface area contributed by atoms with Gasteiger partial charge < -0.3 is 4.90 Å². The van der Waals surface area contributed by atoms with Gasteiger partial charge in [-0.15, -0.1) is 0 Å². The lowest BCUT2D eigenvalue weighted by molar-refractivity contribution is -0.114. The number of rotatable bonds is 3. The standard InChI is InChI=1S/C11H12N2O4S/c1-2-5-13-9-4-3-7(18(12,16)17)6-8(9)10(14)11(13)15/h3-4,6H,2,5H2,1H3,(H2,12,16,17). The van der Waals surface area contributed by atoms with Gasteiger partial charge in [0.15, 0.2) is 0 Å². The van der Waals surface area contributed by atoms with Crippen LogP contribution in [0, 0.1) is 0 Å². The summed E-state index contributed by atoms with van der Waals surface area (Å²) in [7, 11) is -3.88. The first-order valence-electron chi connectivity index (χ1n) is 5.39. The molecular formula is C11H12N2O4S. The normalized spacial score (nSPS) is 15.1. The summed E-state index contributed by atoms with van der Waals surface area (Å²) in [4.78, 5) is 24.6. The third kappa shape index (κ3) is 1.91. The number of hydrogen-bond donors (Lipinski definition) is 1. The molecule has 1 aromatic carbocycles. The Bertz CT molecular complexity index is 636. The maximum absolute atomic E-state index is 11.7. The van der Waals surface area contributed by atoms with Gasteiger partial charge in [0.2, 0.25) is 10.0 Å². The van der Waals surface area contributed by atoms with E-state index in [0.29, 0.717) is 18.7 Å². The van der Waals surface area contributed by atoms with E-state index >= 15 is 0 Å². The summed E-state index contributed by atoms with van der Waals surface area (Å²) in [5, 5.41) is 4.99. The van der Waals surface area contributed by atoms with E-state index in [1.807, 2.05) is 6.92 Å². The van der Waals surface area contributed by atoms with Crippen molar-refractivity contribution < 1.29 is 18.0 Å². The molecule has 96 valence electrons. The van der Waals surface area contributed by atoms with E-state index in [1.54, 1.807) is 0 Å². The van der Waals surface area contributed by atoms with E-state index < -0.39 is 21.7 Å². The third-order valence-corrected chi connectivity index (χ3v) is 3.63. The van der Waals surface area contributed by atoms with Crippen molar-refractivity contribution in [2.24, 2.45) is 5.14 Å². The van der Waals surface area contributed by atoms with Crippen LogP contribution in [0.2, 0.25) is 0 Å². The van der Waals surface area contributed by atoms with Crippen LogP contribution >= 0.6 is 0 Å². The zero-order valence-electron chi connectivity index (χ0n) is 9.71. The van der Waals surface area contributed by atoms with Crippen molar-refractivity contribution in [1.29, 1.82) is 0 Å². The van der Waals surface area contributed by atoms with Crippen molar-refractivity contribution in [2.75, 3.05) is 11.4 Å². The van der Waals surface area contributed by atoms with Gasteiger partial charge >= 0.3 is 0 Å². The van der Waals surface area contributed by atoms with Crippen LogP contribution in [0.5, 0.6) is 0 Å². The second-order valence-electron chi connectivity index (χ2n) is 4.01. The molecule has 2 N–H and O–H groups in total. The first-order valence-corrected chi connectivity index (χ1v) is 6.94. The Labute approximate surface area is 104 Å². The fourth-order valence-corrected chi connectivity index (χ4v) is 2.44. The molecule has 1 aliphatic heterocycles. The molecule has 0 radical (unpaired) electrons. The highest BCUT2D eigenvalue weighted by atomic mass is 32.2. The number of amides is 1. The Morgan fingerprint density at radius 1 is 1.28 bits per heavy atom. The van der Waals surface area contributed by atoms with Crippen molar-refractivity contribution in [3.8, 4) is 0 Å². The highest BCUT2D eigenvalue weighted by molar-refractivity contribution is 7.89. The van der Waals surface area contributed by atoms with Gasteiger partial charge in [0.05, 0.1) is 16.1 Å². The molecule has 18 heavy (non-hydrogen) atoms. The summed E-state index contributed by atoms with van der Waals surface area (Å²) in [6, 6.07) is 3.89. The first kappa shape index (κ1) is 12.7. The molecule has 0 aromatic heterocycles. The lowest BCUT2D eigenvalue weighted by Crippen LogP contribution is -2.30. The molecule has 0 spiro atoms. The maximum Gasteiger partial charge on any atom is 0.299 e. The van der Waals surface area contributed by atoms with Crippen LogP contribution in [0.15, 0.2) is 23.1 Å². The van der Waals surface area contributed by atoms with Crippen molar-refractivity contribution in [3.05, 3.63) is 23.8 Å². The Morgan fingerprint density at radius 2 is 1.94 bits per heavy atom. The third-order valence-electron chi connectivity index (χ3n) is 2.72. The van der Waals surface area contributed by atoms with E-state index in [9.17, 15) is 18.0 Å². The monoisotopic (exact) mass is 268 g/mol. The van der Waals surface area contributed by atoms with E-state index in [-0.39, 0.29) is 10.5 Å². The second kappa shape index (κ2) is 4.18. The van der Waals surface area contributed by atoms with Gasteiger partial charge in [-0.05, 0) is 24.6 Å². The van der Waals surface area contributed by atoms with Gasteiger partial charge in [-0.3, -0.25) is 9.59 Å². The second-order valence-corrected chi connectivity index (χ2v) is 5.57. The number of primary sulfonamides is 1. The topological polar surface area (TPSA) is 97.5 Å². The number of ketones is 1. The zero-order valence-corrected chi connectivity index (χ0v) is 10.5. The predicted molar refractivity (Wildman–Crippen MR) is 64.8 cm³/mol. The number of nitrogens with zero attached hydrogens (tertiary/aromatic N) is 1. The molecule has 0 unspecified atom stereocenters. The predicted octanol–water partition coefficient (Wildman–Crippen LogP) is 0.273. The molecule has 0 saturated heterocycles. The number of carbonyl (C=O) groups excluding carboxylic acids is 2. The van der Waals surface area contributed by atoms with Crippen LogP contribution in [0.4, 0.5) is 5.69 Å². The molecule has 0 fully saturated rings. The number of fused-ring (bicyclic) bond motifs is 1. The van der Waals surface area contributed by atoms with Crippen LogP contribution in [0.25, 0.3) is 0 Å². The minimum atomic E-state index is -3.88. The molecule has 0 atom stereocenters. The van der Waals surface area contributed by atoms with Crippen LogP contribution < -0.4 is 10.0 Å². The van der Waals surface area contributed by atoms with Gasteiger partial charge in [-0.25, -0.2) is 13.6 Å². The number of hydrogen-bond acceptors (Lipinski definition) is 4. The van der Waals surface area contributed by atoms with E-state index in [1.165, 1.54) is 17.0 Å². The summed E-state index contributed by atoms with van der Waals surface area (Å²) in [5.74, 6) is -1.32. The Morgan fingerprint density at radius 3 is 2.50 bits per heavy atom. The number of carbonyl (C=O) groups is 2. The molecule has 0 saturated carbocycles. The van der Waals surface area contributed by atoms with E-state index in [0.717, 1.165) is 6.07 Å². The summed E-state index contributed by atoms with van der Waals surface area (Å²) >= 11 is 0. The van der Waals surface area contributed by atoms with E-state index in [4.69, 9.17) is 5.14 Å². The highest BCUT2D eigenvalue weighted by Crippen LogP contribution is 2.30. The molecule has 6 nitrogen and oxygen atoms in total. The molecule has 0 aliphatic carbocycles. The molecule has 1 aromatic rings. The Hall–Kier alpha value is -1.73. The molecular weight excluding hydrogens is 256 g/mol. The molecule has 2 rings (SSSR count). The van der Waals surface area contributed by atoms with Crippen molar-refractivity contribution in [2.45, 2.75) is 18.2 Å². The molecule has 7 heteroatoms. The number of anilines is 1. The fourth-order valence-electron chi connectivity index (χ4n) is 1.90. The average molecular weight is 268 g/mol. The zero-order chi connectivity index (χ0) is 13.5. The van der Waals surface area contributed by atoms with Crippen LogP contribution in [0.1, 0.15) is 23.7 Å². The van der Waals surface area contributed by atoms with Crippen LogP contribution in [-0.2, 0) is 14.8 Å². The van der Waals surface area contributed by atoms with Crippen LogP contribution in [-0.4, -0.2) is 26.7 Å². The van der Waals surface area contributed by atoms with Gasteiger partial charge in [0, 0.05) is 6.54 Å². The first-order chi connectivity index (χ1) is 8.36. The minimum Gasteiger partial charge on any atom is -0.305 e. The number of sulfonamides is 1. The average Bonchev–Trinajstić information content (AvgIpc) is 2.54. The minimum absolute atomic E-state index is 0.0972. The number of Topliss-reactive ketones (excluding diaryl/α,β-unsaturated/α-hetero) is 1. The van der Waals surface area contributed by atoms with Crippen LogP contribution in [0.3, 0.4) is 0 Å². The summed E-state index contributed by atoms with van der Waals surface area (Å²) in [5.41, 5.74) is 0.541. The lowest BCUT2D eigenvalue weighted by atomic mass is 10.1. The SMILES string of the molecule is CCCN1C(=O)C(=O)c2cc(S(N)(=O)=O)ccc21. The van der Waals surface area contributed by atoms with Gasteiger partial charge in [-0.1, -0.05) is 6.92 Å². The molecule has 1 amide bonds. The number of benzene rings is 1. The molecule has 0 bridgehead atoms. The van der Waals surface area contributed by atoms with Crippen molar-refractivity contribution >= 4 is 27.4 Å². The van der Waals surface area contributed by atoms with Crippen molar-refractivity contribution in [1.82, 2.24) is 0 Å². The Balaban J connectivity index is 2.57. The number of nitrogens with two attached hydrogens (primary N) is 1. The summed E-state index contributed by atoms with van der Waals surface area (Å²) in [6.07, 6.45) is 0.704.